The van der Waals surface area contributed by atoms with Gasteiger partial charge in [0.2, 0.25) is 0 Å². The highest BCUT2D eigenvalue weighted by Crippen LogP contribution is 2.22. The number of nitrogens with zero attached hydrogens (tertiary/aromatic N) is 2. The molecule has 5 aromatic rings. The van der Waals surface area contributed by atoms with Crippen LogP contribution in [0.1, 0.15) is 22.5 Å². The van der Waals surface area contributed by atoms with Crippen molar-refractivity contribution in [3.05, 3.63) is 120 Å². The fourth-order valence-corrected chi connectivity index (χ4v) is 3.81. The Balaban J connectivity index is 1.40. The minimum atomic E-state index is 0.841. The smallest absolute Gasteiger partial charge is 0.0525 e. The molecule has 0 aliphatic carbocycles. The average Bonchev–Trinajstić information content (AvgIpc) is 2.76. The summed E-state index contributed by atoms with van der Waals surface area (Å²) in [6.45, 7) is 0. The highest BCUT2D eigenvalue weighted by atomic mass is 14.7. The van der Waals surface area contributed by atoms with E-state index >= 15 is 0 Å². The van der Waals surface area contributed by atoms with E-state index in [4.69, 9.17) is 0 Å². The lowest BCUT2D eigenvalue weighted by Crippen LogP contribution is -1.96. The van der Waals surface area contributed by atoms with E-state index in [-0.39, 0.29) is 0 Å². The third-order valence-corrected chi connectivity index (χ3v) is 5.28. The topological polar surface area (TPSA) is 25.8 Å². The molecule has 2 heterocycles. The zero-order chi connectivity index (χ0) is 18.8. The van der Waals surface area contributed by atoms with Crippen molar-refractivity contribution in [3.8, 4) is 0 Å². The molecule has 0 aliphatic heterocycles. The maximum Gasteiger partial charge on any atom is 0.0525 e. The molecule has 0 saturated heterocycles. The van der Waals surface area contributed by atoms with Gasteiger partial charge in [-0.25, -0.2) is 0 Å². The summed E-state index contributed by atoms with van der Waals surface area (Å²) >= 11 is 0. The first-order valence-corrected chi connectivity index (χ1v) is 9.60. The van der Waals surface area contributed by atoms with Gasteiger partial charge in [0.05, 0.1) is 11.4 Å². The van der Waals surface area contributed by atoms with Crippen molar-refractivity contribution < 1.29 is 0 Å². The Hall–Kier alpha value is -3.52. The maximum absolute atomic E-state index is 4.62. The lowest BCUT2D eigenvalue weighted by Gasteiger charge is -2.08. The van der Waals surface area contributed by atoms with Gasteiger partial charge >= 0.3 is 0 Å². The number of pyridine rings is 2. The van der Waals surface area contributed by atoms with Crippen molar-refractivity contribution in [1.29, 1.82) is 0 Å². The van der Waals surface area contributed by atoms with Crippen molar-refractivity contribution in [2.75, 3.05) is 0 Å². The summed E-state index contributed by atoms with van der Waals surface area (Å²) in [5.74, 6) is 0. The Morgan fingerprint density at radius 3 is 1.36 bits per heavy atom. The standard InChI is InChI=1S/C26H20N2/c1-3-7-23-21(5-1)13-15-27-25(23)17-19-9-11-20(12-10-19)18-26-24-8-4-2-6-22(24)14-16-28-26/h1-16H,17-18H2. The van der Waals surface area contributed by atoms with E-state index in [2.05, 4.69) is 94.9 Å². The van der Waals surface area contributed by atoms with Crippen LogP contribution >= 0.6 is 0 Å². The number of hydrogen-bond donors (Lipinski definition) is 0. The Kier molecular flexibility index (Phi) is 4.30. The lowest BCUT2D eigenvalue weighted by molar-refractivity contribution is 1.07. The summed E-state index contributed by atoms with van der Waals surface area (Å²) in [5.41, 5.74) is 4.81. The van der Waals surface area contributed by atoms with E-state index < -0.39 is 0 Å². The third kappa shape index (κ3) is 3.25. The van der Waals surface area contributed by atoms with Gasteiger partial charge in [-0.1, -0.05) is 72.8 Å². The Morgan fingerprint density at radius 2 is 0.893 bits per heavy atom. The molecule has 0 saturated carbocycles. The monoisotopic (exact) mass is 360 g/mol. The van der Waals surface area contributed by atoms with Crippen LogP contribution in [0, 0.1) is 0 Å². The highest BCUT2D eigenvalue weighted by Gasteiger charge is 2.06. The second kappa shape index (κ2) is 7.24. The molecular weight excluding hydrogens is 340 g/mol. The summed E-state index contributed by atoms with van der Waals surface area (Å²) in [6, 6.07) is 29.9. The first kappa shape index (κ1) is 16.6. The van der Waals surface area contributed by atoms with E-state index in [1.807, 2.05) is 12.4 Å². The summed E-state index contributed by atoms with van der Waals surface area (Å²) < 4.78 is 0. The number of aromatic nitrogens is 2. The van der Waals surface area contributed by atoms with Crippen molar-refractivity contribution in [2.24, 2.45) is 0 Å². The van der Waals surface area contributed by atoms with E-state index in [1.165, 1.54) is 32.7 Å². The number of hydrogen-bond acceptors (Lipinski definition) is 2. The molecule has 0 bridgehead atoms. The van der Waals surface area contributed by atoms with Gasteiger partial charge in [0.1, 0.15) is 0 Å². The third-order valence-electron chi connectivity index (χ3n) is 5.28. The molecule has 0 spiro atoms. The van der Waals surface area contributed by atoms with Gasteiger partial charge in [0, 0.05) is 36.0 Å². The molecule has 3 aromatic carbocycles. The van der Waals surface area contributed by atoms with Crippen LogP contribution in [-0.2, 0) is 12.8 Å². The molecule has 5 rings (SSSR count). The molecule has 0 fully saturated rings. The van der Waals surface area contributed by atoms with Gasteiger partial charge in [-0.2, -0.15) is 0 Å². The van der Waals surface area contributed by atoms with Crippen LogP contribution in [0.4, 0.5) is 0 Å². The van der Waals surface area contributed by atoms with Gasteiger partial charge in [-0.15, -0.1) is 0 Å². The zero-order valence-corrected chi connectivity index (χ0v) is 15.5. The van der Waals surface area contributed by atoms with Crippen LogP contribution in [-0.4, -0.2) is 9.97 Å². The van der Waals surface area contributed by atoms with Crippen molar-refractivity contribution in [3.63, 3.8) is 0 Å². The average molecular weight is 360 g/mol. The lowest BCUT2D eigenvalue weighted by atomic mass is 10.00. The molecule has 0 radical (unpaired) electrons. The molecule has 2 aromatic heterocycles. The minimum absolute atomic E-state index is 0.841. The van der Waals surface area contributed by atoms with E-state index in [9.17, 15) is 0 Å². The highest BCUT2D eigenvalue weighted by molar-refractivity contribution is 5.85. The second-order valence-corrected chi connectivity index (χ2v) is 7.13. The molecule has 0 unspecified atom stereocenters. The molecule has 2 nitrogen and oxygen atoms in total. The molecule has 0 atom stereocenters. The fourth-order valence-electron chi connectivity index (χ4n) is 3.81. The van der Waals surface area contributed by atoms with E-state index in [1.54, 1.807) is 0 Å². The molecule has 28 heavy (non-hydrogen) atoms. The van der Waals surface area contributed by atoms with Crippen molar-refractivity contribution in [1.82, 2.24) is 9.97 Å². The van der Waals surface area contributed by atoms with Gasteiger partial charge in [0.15, 0.2) is 0 Å². The van der Waals surface area contributed by atoms with Crippen molar-refractivity contribution in [2.45, 2.75) is 12.8 Å². The van der Waals surface area contributed by atoms with Crippen LogP contribution in [0.2, 0.25) is 0 Å². The first-order chi connectivity index (χ1) is 13.9. The Labute approximate surface area is 164 Å². The van der Waals surface area contributed by atoms with Gasteiger partial charge in [0.25, 0.3) is 0 Å². The number of rotatable bonds is 4. The fraction of sp³-hybridized carbons (Fsp3) is 0.0769. The molecule has 134 valence electrons. The van der Waals surface area contributed by atoms with Gasteiger partial charge < -0.3 is 0 Å². The van der Waals surface area contributed by atoms with Crippen molar-refractivity contribution >= 4 is 21.5 Å². The van der Waals surface area contributed by atoms with Crippen LogP contribution in [0.5, 0.6) is 0 Å². The van der Waals surface area contributed by atoms with Crippen LogP contribution in [0.3, 0.4) is 0 Å². The summed E-state index contributed by atoms with van der Waals surface area (Å²) in [6.07, 6.45) is 5.48. The van der Waals surface area contributed by atoms with E-state index in [0.717, 1.165) is 24.2 Å². The Morgan fingerprint density at radius 1 is 0.464 bits per heavy atom. The normalized spacial score (nSPS) is 11.1. The van der Waals surface area contributed by atoms with E-state index in [0.29, 0.717) is 0 Å². The first-order valence-electron chi connectivity index (χ1n) is 9.60. The quantitative estimate of drug-likeness (QED) is 0.395. The van der Waals surface area contributed by atoms with Gasteiger partial charge in [-0.3, -0.25) is 9.97 Å². The minimum Gasteiger partial charge on any atom is -0.260 e. The van der Waals surface area contributed by atoms with Gasteiger partial charge in [-0.05, 0) is 34.0 Å². The molecule has 0 amide bonds. The maximum atomic E-state index is 4.62. The molecule has 0 aliphatic rings. The zero-order valence-electron chi connectivity index (χ0n) is 15.5. The summed E-state index contributed by atoms with van der Waals surface area (Å²) in [4.78, 5) is 9.23. The second-order valence-electron chi connectivity index (χ2n) is 7.13. The molecule has 2 heteroatoms. The Bertz CT molecular complexity index is 1150. The van der Waals surface area contributed by atoms with Crippen LogP contribution < -0.4 is 0 Å². The number of benzene rings is 3. The van der Waals surface area contributed by atoms with Crippen LogP contribution in [0.25, 0.3) is 21.5 Å². The predicted molar refractivity (Wildman–Crippen MR) is 116 cm³/mol. The SMILES string of the molecule is c1ccc2c(Cc3ccc(Cc4nccc5ccccc45)cc3)nccc2c1. The summed E-state index contributed by atoms with van der Waals surface area (Å²) in [7, 11) is 0. The number of fused-ring (bicyclic) bond motifs is 2. The van der Waals surface area contributed by atoms with Crippen LogP contribution in [0.15, 0.2) is 97.3 Å². The molecule has 0 N–H and O–H groups in total. The summed E-state index contributed by atoms with van der Waals surface area (Å²) in [5, 5.41) is 4.94. The molecular formula is C26H20N2. The largest absolute Gasteiger partial charge is 0.260 e. The predicted octanol–water partition coefficient (Wildman–Crippen LogP) is 5.96.